The van der Waals surface area contributed by atoms with Gasteiger partial charge >= 0.3 is 5.97 Å². The normalized spacial score (nSPS) is 19.9. The van der Waals surface area contributed by atoms with E-state index in [0.29, 0.717) is 13.0 Å². The fourth-order valence-corrected chi connectivity index (χ4v) is 7.78. The molecular formula is C38H73NO3. The van der Waals surface area contributed by atoms with Crippen LogP contribution in [0.1, 0.15) is 187 Å². The molecule has 0 unspecified atom stereocenters. The molecule has 2 aliphatic rings. The lowest BCUT2D eigenvalue weighted by Crippen LogP contribution is -2.29. The Labute approximate surface area is 262 Å². The highest BCUT2D eigenvalue weighted by molar-refractivity contribution is 5.69. The van der Waals surface area contributed by atoms with Crippen molar-refractivity contribution in [2.75, 3.05) is 32.8 Å². The van der Waals surface area contributed by atoms with Gasteiger partial charge in [0.25, 0.3) is 0 Å². The maximum Gasteiger partial charge on any atom is 0.305 e. The SMILES string of the molecule is CCCCCCCCCOC(=O)CCCCCCCN(CCO)CCCCCCCC1CCC(C2CCCCC2)CC1. The lowest BCUT2D eigenvalue weighted by Gasteiger charge is -2.36. The Morgan fingerprint density at radius 2 is 1.17 bits per heavy atom. The van der Waals surface area contributed by atoms with E-state index in [1.165, 1.54) is 154 Å². The van der Waals surface area contributed by atoms with Crippen molar-refractivity contribution in [2.45, 2.75) is 187 Å². The maximum absolute atomic E-state index is 11.9. The third-order valence-electron chi connectivity index (χ3n) is 10.6. The van der Waals surface area contributed by atoms with E-state index in [9.17, 15) is 9.90 Å². The van der Waals surface area contributed by atoms with Crippen LogP contribution in [-0.2, 0) is 9.53 Å². The van der Waals surface area contributed by atoms with Gasteiger partial charge in [0.05, 0.1) is 13.2 Å². The molecule has 0 saturated heterocycles. The number of aliphatic hydroxyl groups is 1. The van der Waals surface area contributed by atoms with Crippen LogP contribution >= 0.6 is 0 Å². The van der Waals surface area contributed by atoms with Gasteiger partial charge in [-0.2, -0.15) is 0 Å². The molecule has 0 bridgehead atoms. The summed E-state index contributed by atoms with van der Waals surface area (Å²) >= 11 is 0. The Morgan fingerprint density at radius 1 is 0.619 bits per heavy atom. The zero-order chi connectivity index (χ0) is 29.9. The average molecular weight is 592 g/mol. The number of ether oxygens (including phenoxy) is 1. The summed E-state index contributed by atoms with van der Waals surface area (Å²) in [5.41, 5.74) is 0. The van der Waals surface area contributed by atoms with Crippen molar-refractivity contribution in [1.82, 2.24) is 4.90 Å². The van der Waals surface area contributed by atoms with E-state index >= 15 is 0 Å². The molecular weight excluding hydrogens is 518 g/mol. The number of rotatable bonds is 27. The molecule has 42 heavy (non-hydrogen) atoms. The molecule has 0 radical (unpaired) electrons. The van der Waals surface area contributed by atoms with Crippen LogP contribution in [-0.4, -0.2) is 48.8 Å². The first-order chi connectivity index (χ1) is 20.7. The highest BCUT2D eigenvalue weighted by atomic mass is 16.5. The summed E-state index contributed by atoms with van der Waals surface area (Å²) in [6.07, 6.45) is 37.0. The molecule has 0 amide bonds. The quantitative estimate of drug-likeness (QED) is 0.0762. The van der Waals surface area contributed by atoms with Crippen LogP contribution in [0, 0.1) is 17.8 Å². The fourth-order valence-electron chi connectivity index (χ4n) is 7.78. The summed E-state index contributed by atoms with van der Waals surface area (Å²) in [5, 5.41) is 9.50. The van der Waals surface area contributed by atoms with Gasteiger partial charge in [-0.25, -0.2) is 0 Å². The minimum Gasteiger partial charge on any atom is -0.466 e. The van der Waals surface area contributed by atoms with Gasteiger partial charge in [0.2, 0.25) is 0 Å². The predicted octanol–water partition coefficient (Wildman–Crippen LogP) is 10.6. The van der Waals surface area contributed by atoms with Crippen molar-refractivity contribution in [3.05, 3.63) is 0 Å². The van der Waals surface area contributed by atoms with E-state index in [1.807, 2.05) is 0 Å². The van der Waals surface area contributed by atoms with Crippen molar-refractivity contribution in [1.29, 1.82) is 0 Å². The van der Waals surface area contributed by atoms with E-state index in [0.717, 1.165) is 56.7 Å². The second kappa shape index (κ2) is 26.8. The predicted molar refractivity (Wildman–Crippen MR) is 180 cm³/mol. The van der Waals surface area contributed by atoms with Gasteiger partial charge in [-0.1, -0.05) is 142 Å². The van der Waals surface area contributed by atoms with Crippen LogP contribution in [0.5, 0.6) is 0 Å². The minimum atomic E-state index is -0.00732. The summed E-state index contributed by atoms with van der Waals surface area (Å²) in [4.78, 5) is 14.4. The van der Waals surface area contributed by atoms with Crippen LogP contribution in [0.25, 0.3) is 0 Å². The molecule has 2 fully saturated rings. The number of nitrogens with zero attached hydrogens (tertiary/aromatic N) is 1. The van der Waals surface area contributed by atoms with Crippen molar-refractivity contribution >= 4 is 5.97 Å². The monoisotopic (exact) mass is 592 g/mol. The standard InChI is InChI=1S/C38H73NO3/c1-2-3-4-5-6-13-21-34-42-38(41)25-18-10-8-12-20-31-39(32-33-40)30-19-11-7-9-15-22-35-26-28-37(29-27-35)36-23-16-14-17-24-36/h35-37,40H,2-34H2,1H3. The molecule has 0 spiro atoms. The van der Waals surface area contributed by atoms with Gasteiger partial charge in [0.15, 0.2) is 0 Å². The third kappa shape index (κ3) is 19.6. The maximum atomic E-state index is 11.9. The number of aliphatic hydroxyl groups excluding tert-OH is 1. The molecule has 2 aliphatic carbocycles. The Hall–Kier alpha value is -0.610. The summed E-state index contributed by atoms with van der Waals surface area (Å²) in [7, 11) is 0. The van der Waals surface area contributed by atoms with Gasteiger partial charge in [0.1, 0.15) is 0 Å². The number of carbonyl (C=O) groups is 1. The molecule has 0 aromatic heterocycles. The molecule has 1 N–H and O–H groups in total. The largest absolute Gasteiger partial charge is 0.466 e. The van der Waals surface area contributed by atoms with E-state index in [4.69, 9.17) is 4.74 Å². The zero-order valence-electron chi connectivity index (χ0n) is 28.3. The third-order valence-corrected chi connectivity index (χ3v) is 10.6. The first-order valence-electron chi connectivity index (χ1n) is 19.2. The van der Waals surface area contributed by atoms with Crippen molar-refractivity contribution in [3.8, 4) is 0 Å². The summed E-state index contributed by atoms with van der Waals surface area (Å²) in [5.74, 6) is 3.17. The number of hydrogen-bond acceptors (Lipinski definition) is 4. The summed E-state index contributed by atoms with van der Waals surface area (Å²) < 4.78 is 5.41. The van der Waals surface area contributed by atoms with E-state index in [-0.39, 0.29) is 12.6 Å². The topological polar surface area (TPSA) is 49.8 Å². The molecule has 0 aromatic rings. The zero-order valence-corrected chi connectivity index (χ0v) is 28.3. The molecule has 248 valence electrons. The average Bonchev–Trinajstić information content (AvgIpc) is 3.02. The van der Waals surface area contributed by atoms with Crippen molar-refractivity contribution in [3.63, 3.8) is 0 Å². The van der Waals surface area contributed by atoms with Gasteiger partial charge in [-0.05, 0) is 69.4 Å². The molecule has 0 atom stereocenters. The number of hydrogen-bond donors (Lipinski definition) is 1. The number of unbranched alkanes of at least 4 members (excludes halogenated alkanes) is 14. The first kappa shape index (κ1) is 37.6. The summed E-state index contributed by atoms with van der Waals surface area (Å²) in [6.45, 7) is 6.17. The minimum absolute atomic E-state index is 0.00732. The smallest absolute Gasteiger partial charge is 0.305 e. The summed E-state index contributed by atoms with van der Waals surface area (Å²) in [6, 6.07) is 0. The number of carbonyl (C=O) groups excluding carboxylic acids is 1. The van der Waals surface area contributed by atoms with Gasteiger partial charge < -0.3 is 14.7 Å². The highest BCUT2D eigenvalue weighted by Gasteiger charge is 2.28. The highest BCUT2D eigenvalue weighted by Crippen LogP contribution is 2.41. The second-order valence-electron chi connectivity index (χ2n) is 14.2. The molecule has 0 aromatic carbocycles. The Kier molecular flexibility index (Phi) is 23.9. The molecule has 4 nitrogen and oxygen atoms in total. The van der Waals surface area contributed by atoms with Crippen LogP contribution in [0.4, 0.5) is 0 Å². The number of esters is 1. The van der Waals surface area contributed by atoms with Crippen LogP contribution in [0.15, 0.2) is 0 Å². The van der Waals surface area contributed by atoms with E-state index in [1.54, 1.807) is 0 Å². The van der Waals surface area contributed by atoms with Gasteiger partial charge in [-0.3, -0.25) is 4.79 Å². The van der Waals surface area contributed by atoms with Gasteiger partial charge in [0, 0.05) is 13.0 Å². The first-order valence-corrected chi connectivity index (χ1v) is 19.2. The molecule has 2 rings (SSSR count). The van der Waals surface area contributed by atoms with Crippen LogP contribution in [0.2, 0.25) is 0 Å². The lowest BCUT2D eigenvalue weighted by atomic mass is 9.70. The molecule has 0 heterocycles. The van der Waals surface area contributed by atoms with Crippen LogP contribution in [0.3, 0.4) is 0 Å². The van der Waals surface area contributed by atoms with Gasteiger partial charge in [-0.15, -0.1) is 0 Å². The molecule has 2 saturated carbocycles. The van der Waals surface area contributed by atoms with E-state index < -0.39 is 0 Å². The second-order valence-corrected chi connectivity index (χ2v) is 14.2. The Balaban J connectivity index is 1.34. The fraction of sp³-hybridized carbons (Fsp3) is 0.974. The molecule has 4 heteroatoms. The Morgan fingerprint density at radius 3 is 1.81 bits per heavy atom. The van der Waals surface area contributed by atoms with Crippen molar-refractivity contribution < 1.29 is 14.6 Å². The van der Waals surface area contributed by atoms with Crippen molar-refractivity contribution in [2.24, 2.45) is 17.8 Å². The van der Waals surface area contributed by atoms with Crippen LogP contribution < -0.4 is 0 Å². The lowest BCUT2D eigenvalue weighted by molar-refractivity contribution is -0.143. The molecule has 0 aliphatic heterocycles. The Bertz CT molecular complexity index is 597. The van der Waals surface area contributed by atoms with E-state index in [2.05, 4.69) is 11.8 Å².